The number of carbonyl (C=O) groups is 2. The van der Waals surface area contributed by atoms with E-state index >= 15 is 0 Å². The molecule has 1 saturated heterocycles. The largest absolute Gasteiger partial charge is 0.493 e. The van der Waals surface area contributed by atoms with Crippen LogP contribution in [0.2, 0.25) is 0 Å². The van der Waals surface area contributed by atoms with Crippen LogP contribution in [-0.4, -0.2) is 71.2 Å². The third-order valence-corrected chi connectivity index (χ3v) is 6.98. The van der Waals surface area contributed by atoms with Crippen LogP contribution in [0.25, 0.3) is 0 Å². The number of carbonyl (C=O) groups excluding carboxylic acids is 2. The van der Waals surface area contributed by atoms with Gasteiger partial charge in [-0.3, -0.25) is 9.59 Å². The zero-order valence-corrected chi connectivity index (χ0v) is 19.3. The Hall–Kier alpha value is -3.15. The average Bonchev–Trinajstić information content (AvgIpc) is 3.32. The lowest BCUT2D eigenvalue weighted by atomic mass is 10.1. The minimum Gasteiger partial charge on any atom is -0.493 e. The SMILES string of the molecule is COc1ccc(S(=O)(=O)N2CCO[C@H]2CNC(=O)C(=O)NCCc2ccccc2)cc1OC. The average molecular weight is 478 g/mol. The Labute approximate surface area is 192 Å². The molecule has 0 spiro atoms. The van der Waals surface area contributed by atoms with E-state index in [0.29, 0.717) is 18.7 Å². The molecule has 2 aromatic carbocycles. The molecule has 0 aromatic heterocycles. The molecule has 10 nitrogen and oxygen atoms in total. The van der Waals surface area contributed by atoms with E-state index < -0.39 is 28.1 Å². The Balaban J connectivity index is 1.56. The van der Waals surface area contributed by atoms with E-state index in [2.05, 4.69) is 10.6 Å². The summed E-state index contributed by atoms with van der Waals surface area (Å²) < 4.78 is 43.2. The predicted molar refractivity (Wildman–Crippen MR) is 119 cm³/mol. The van der Waals surface area contributed by atoms with E-state index in [9.17, 15) is 18.0 Å². The highest BCUT2D eigenvalue weighted by molar-refractivity contribution is 7.89. The molecule has 0 radical (unpaired) electrons. The van der Waals surface area contributed by atoms with E-state index in [4.69, 9.17) is 14.2 Å². The fraction of sp³-hybridized carbons (Fsp3) is 0.364. The third-order valence-electron chi connectivity index (χ3n) is 5.09. The normalized spacial score (nSPS) is 16.2. The van der Waals surface area contributed by atoms with Crippen LogP contribution in [0.15, 0.2) is 53.4 Å². The number of nitrogens with one attached hydrogen (secondary N) is 2. The van der Waals surface area contributed by atoms with E-state index in [0.717, 1.165) is 9.87 Å². The number of hydrogen-bond donors (Lipinski definition) is 2. The van der Waals surface area contributed by atoms with Gasteiger partial charge in [0.05, 0.1) is 32.3 Å². The maximum atomic E-state index is 13.1. The van der Waals surface area contributed by atoms with Crippen molar-refractivity contribution in [2.45, 2.75) is 17.5 Å². The number of ether oxygens (including phenoxy) is 3. The van der Waals surface area contributed by atoms with Crippen molar-refractivity contribution in [3.63, 3.8) is 0 Å². The lowest BCUT2D eigenvalue weighted by molar-refractivity contribution is -0.139. The van der Waals surface area contributed by atoms with Crippen molar-refractivity contribution in [2.75, 3.05) is 40.5 Å². The van der Waals surface area contributed by atoms with Gasteiger partial charge in [0, 0.05) is 19.2 Å². The molecule has 33 heavy (non-hydrogen) atoms. The summed E-state index contributed by atoms with van der Waals surface area (Å²) in [5.41, 5.74) is 1.04. The van der Waals surface area contributed by atoms with Gasteiger partial charge in [0.2, 0.25) is 10.0 Å². The predicted octanol–water partition coefficient (Wildman–Crippen LogP) is 0.526. The van der Waals surface area contributed by atoms with Gasteiger partial charge in [0.15, 0.2) is 11.5 Å². The maximum absolute atomic E-state index is 13.1. The summed E-state index contributed by atoms with van der Waals surface area (Å²) in [7, 11) is -1.07. The second kappa shape index (κ2) is 11.1. The van der Waals surface area contributed by atoms with Crippen molar-refractivity contribution < 1.29 is 32.2 Å². The van der Waals surface area contributed by atoms with Crippen LogP contribution in [0.5, 0.6) is 11.5 Å². The van der Waals surface area contributed by atoms with E-state index in [1.165, 1.54) is 32.4 Å². The van der Waals surface area contributed by atoms with Crippen LogP contribution in [0.4, 0.5) is 0 Å². The summed E-state index contributed by atoms with van der Waals surface area (Å²) in [6, 6.07) is 13.8. The zero-order chi connectivity index (χ0) is 23.8. The highest BCUT2D eigenvalue weighted by atomic mass is 32.2. The number of benzene rings is 2. The molecule has 1 atom stereocenters. The number of hydrogen-bond acceptors (Lipinski definition) is 7. The van der Waals surface area contributed by atoms with Crippen molar-refractivity contribution in [1.82, 2.24) is 14.9 Å². The minimum absolute atomic E-state index is 0.000585. The van der Waals surface area contributed by atoms with Gasteiger partial charge < -0.3 is 24.8 Å². The van der Waals surface area contributed by atoms with Crippen LogP contribution in [-0.2, 0) is 30.8 Å². The Bertz CT molecular complexity index is 1080. The summed E-state index contributed by atoms with van der Waals surface area (Å²) in [6.45, 7) is 0.407. The Morgan fingerprint density at radius 2 is 1.73 bits per heavy atom. The van der Waals surface area contributed by atoms with Gasteiger partial charge in [-0.2, -0.15) is 4.31 Å². The summed E-state index contributed by atoms with van der Waals surface area (Å²) in [5.74, 6) is -0.979. The molecule has 178 valence electrons. The van der Waals surface area contributed by atoms with Gasteiger partial charge in [-0.05, 0) is 24.1 Å². The lowest BCUT2D eigenvalue weighted by Gasteiger charge is -2.23. The quantitative estimate of drug-likeness (QED) is 0.505. The maximum Gasteiger partial charge on any atom is 0.309 e. The van der Waals surface area contributed by atoms with Crippen LogP contribution in [0.3, 0.4) is 0 Å². The first-order valence-electron chi connectivity index (χ1n) is 10.3. The first-order valence-corrected chi connectivity index (χ1v) is 11.8. The van der Waals surface area contributed by atoms with Crippen LogP contribution >= 0.6 is 0 Å². The van der Waals surface area contributed by atoms with Gasteiger partial charge in [-0.1, -0.05) is 30.3 Å². The highest BCUT2D eigenvalue weighted by Gasteiger charge is 2.37. The second-order valence-corrected chi connectivity index (χ2v) is 9.05. The summed E-state index contributed by atoms with van der Waals surface area (Å²) in [4.78, 5) is 24.2. The number of amides is 2. The number of nitrogens with zero attached hydrogens (tertiary/aromatic N) is 1. The van der Waals surface area contributed by atoms with E-state index in [1.54, 1.807) is 0 Å². The molecule has 1 aliphatic heterocycles. The van der Waals surface area contributed by atoms with Gasteiger partial charge in [-0.15, -0.1) is 0 Å². The molecular formula is C22H27N3O7S. The molecule has 0 bridgehead atoms. The molecule has 2 N–H and O–H groups in total. The highest BCUT2D eigenvalue weighted by Crippen LogP contribution is 2.31. The molecule has 11 heteroatoms. The smallest absolute Gasteiger partial charge is 0.309 e. The second-order valence-electron chi connectivity index (χ2n) is 7.16. The lowest BCUT2D eigenvalue weighted by Crippen LogP contribution is -2.47. The van der Waals surface area contributed by atoms with Gasteiger partial charge in [-0.25, -0.2) is 8.42 Å². The molecule has 1 fully saturated rings. The first-order chi connectivity index (χ1) is 15.9. The standard InChI is InChI=1S/C22H27N3O7S/c1-30-18-9-8-17(14-19(18)31-2)33(28,29)25-12-13-32-20(25)15-24-22(27)21(26)23-11-10-16-6-4-3-5-7-16/h3-9,14,20H,10-13,15H2,1-2H3,(H,23,26)(H,24,27)/t20-/m0/s1. The van der Waals surface area contributed by atoms with Gasteiger partial charge >= 0.3 is 11.8 Å². The van der Waals surface area contributed by atoms with E-state index in [1.807, 2.05) is 30.3 Å². The molecule has 1 aliphatic rings. The minimum atomic E-state index is -3.94. The Kier molecular flexibility index (Phi) is 8.26. The molecule has 2 aromatic rings. The molecule has 0 unspecified atom stereocenters. The third kappa shape index (κ3) is 6.01. The Morgan fingerprint density at radius 1 is 1.03 bits per heavy atom. The van der Waals surface area contributed by atoms with Gasteiger partial charge in [0.25, 0.3) is 0 Å². The summed E-state index contributed by atoms with van der Waals surface area (Å²) in [5, 5.41) is 4.99. The van der Waals surface area contributed by atoms with E-state index in [-0.39, 0.29) is 30.3 Å². The van der Waals surface area contributed by atoms with Crippen LogP contribution < -0.4 is 20.1 Å². The fourth-order valence-electron chi connectivity index (χ4n) is 3.36. The van der Waals surface area contributed by atoms with Crippen molar-refractivity contribution in [3.05, 3.63) is 54.1 Å². The topological polar surface area (TPSA) is 123 Å². The van der Waals surface area contributed by atoms with Crippen LogP contribution in [0.1, 0.15) is 5.56 Å². The summed E-state index contributed by atoms with van der Waals surface area (Å²) >= 11 is 0. The molecule has 3 rings (SSSR count). The molecule has 0 aliphatic carbocycles. The molecule has 0 saturated carbocycles. The van der Waals surface area contributed by atoms with Crippen molar-refractivity contribution in [2.24, 2.45) is 0 Å². The van der Waals surface area contributed by atoms with Crippen molar-refractivity contribution in [1.29, 1.82) is 0 Å². The Morgan fingerprint density at radius 3 is 2.42 bits per heavy atom. The molecule has 1 heterocycles. The van der Waals surface area contributed by atoms with Crippen molar-refractivity contribution >= 4 is 21.8 Å². The number of methoxy groups -OCH3 is 2. The molecular weight excluding hydrogens is 450 g/mol. The number of rotatable bonds is 9. The van der Waals surface area contributed by atoms with Gasteiger partial charge in [0.1, 0.15) is 6.23 Å². The monoisotopic (exact) mass is 477 g/mol. The van der Waals surface area contributed by atoms with Crippen LogP contribution in [0, 0.1) is 0 Å². The first kappa shape index (κ1) is 24.5. The van der Waals surface area contributed by atoms with Crippen molar-refractivity contribution in [3.8, 4) is 11.5 Å². The summed E-state index contributed by atoms with van der Waals surface area (Å²) in [6.07, 6.45) is -0.354. The molecule has 2 amide bonds. The fourth-order valence-corrected chi connectivity index (χ4v) is 4.89. The number of sulfonamides is 1. The zero-order valence-electron chi connectivity index (χ0n) is 18.4.